The Morgan fingerprint density at radius 1 is 0.933 bits per heavy atom. The van der Waals surface area contributed by atoms with E-state index in [4.69, 9.17) is 5.73 Å². The van der Waals surface area contributed by atoms with Crippen molar-refractivity contribution in [3.05, 3.63) is 100.0 Å². The van der Waals surface area contributed by atoms with Gasteiger partial charge in [-0.3, -0.25) is 19.7 Å². The van der Waals surface area contributed by atoms with Gasteiger partial charge in [0.25, 0.3) is 11.1 Å². The molecular formula is C24H18N2O3S. The molecule has 4 rings (SSSR count). The maximum Gasteiger partial charge on any atom is 0.290 e. The summed E-state index contributed by atoms with van der Waals surface area (Å²) in [5.74, 6) is -0.841. The number of imide groups is 1. The van der Waals surface area contributed by atoms with E-state index in [1.54, 1.807) is 12.1 Å². The second-order valence-electron chi connectivity index (χ2n) is 6.83. The van der Waals surface area contributed by atoms with E-state index in [9.17, 15) is 14.4 Å². The van der Waals surface area contributed by atoms with Crippen LogP contribution in [0.15, 0.2) is 77.7 Å². The molecule has 1 heterocycles. The van der Waals surface area contributed by atoms with Crippen LogP contribution in [-0.4, -0.2) is 17.1 Å². The minimum atomic E-state index is -0.460. The summed E-state index contributed by atoms with van der Waals surface area (Å²) in [5, 5.41) is 1.88. The van der Waals surface area contributed by atoms with E-state index >= 15 is 0 Å². The van der Waals surface area contributed by atoms with Crippen molar-refractivity contribution in [2.45, 2.75) is 6.42 Å². The third-order valence-corrected chi connectivity index (χ3v) is 5.64. The summed E-state index contributed by atoms with van der Waals surface area (Å²) in [6, 6.07) is 23.1. The van der Waals surface area contributed by atoms with Crippen LogP contribution < -0.4 is 11.1 Å². The van der Waals surface area contributed by atoms with Crippen molar-refractivity contribution in [3.63, 3.8) is 0 Å². The van der Waals surface area contributed by atoms with Crippen LogP contribution >= 0.6 is 11.8 Å². The molecule has 0 bridgehead atoms. The molecule has 1 saturated heterocycles. The summed E-state index contributed by atoms with van der Waals surface area (Å²) in [4.78, 5) is 35.5. The molecule has 0 saturated carbocycles. The minimum absolute atomic E-state index is 0.364. The van der Waals surface area contributed by atoms with E-state index in [1.807, 2.05) is 66.7 Å². The van der Waals surface area contributed by atoms with Crippen molar-refractivity contribution < 1.29 is 14.4 Å². The normalized spacial score (nSPS) is 14.7. The Balaban J connectivity index is 1.71. The molecule has 3 amide bonds. The summed E-state index contributed by atoms with van der Waals surface area (Å²) >= 11 is 0.888. The van der Waals surface area contributed by atoms with Gasteiger partial charge in [-0.1, -0.05) is 66.7 Å². The van der Waals surface area contributed by atoms with Crippen LogP contribution in [-0.2, 0) is 11.2 Å². The fourth-order valence-electron chi connectivity index (χ4n) is 3.41. The highest BCUT2D eigenvalue weighted by Crippen LogP contribution is 2.30. The first kappa shape index (κ1) is 19.7. The second kappa shape index (κ2) is 8.39. The van der Waals surface area contributed by atoms with Crippen LogP contribution in [0.4, 0.5) is 4.79 Å². The molecule has 30 heavy (non-hydrogen) atoms. The summed E-state index contributed by atoms with van der Waals surface area (Å²) in [6.07, 6.45) is 2.26. The van der Waals surface area contributed by atoms with Gasteiger partial charge in [0, 0.05) is 5.56 Å². The predicted molar refractivity (Wildman–Crippen MR) is 119 cm³/mol. The van der Waals surface area contributed by atoms with Gasteiger partial charge >= 0.3 is 0 Å². The molecule has 3 aromatic carbocycles. The van der Waals surface area contributed by atoms with Crippen LogP contribution in [0.5, 0.6) is 0 Å². The van der Waals surface area contributed by atoms with Gasteiger partial charge < -0.3 is 5.73 Å². The van der Waals surface area contributed by atoms with Gasteiger partial charge in [0.1, 0.15) is 0 Å². The molecule has 0 aliphatic carbocycles. The quantitative estimate of drug-likeness (QED) is 0.607. The van der Waals surface area contributed by atoms with Crippen molar-refractivity contribution in [3.8, 4) is 11.1 Å². The lowest BCUT2D eigenvalue weighted by atomic mass is 9.90. The zero-order valence-corrected chi connectivity index (χ0v) is 16.7. The van der Waals surface area contributed by atoms with Crippen LogP contribution in [0, 0.1) is 0 Å². The van der Waals surface area contributed by atoms with Crippen LogP contribution in [0.1, 0.15) is 27.0 Å². The Labute approximate surface area is 178 Å². The Morgan fingerprint density at radius 2 is 1.67 bits per heavy atom. The van der Waals surface area contributed by atoms with E-state index in [0.717, 1.165) is 39.6 Å². The number of carbonyl (C=O) groups excluding carboxylic acids is 3. The molecule has 0 aromatic heterocycles. The topological polar surface area (TPSA) is 89.3 Å². The number of hydrogen-bond donors (Lipinski definition) is 2. The maximum absolute atomic E-state index is 12.0. The number of rotatable bonds is 5. The molecule has 1 aliphatic rings. The molecule has 1 aliphatic heterocycles. The first-order chi connectivity index (χ1) is 14.5. The Bertz CT molecular complexity index is 1170. The van der Waals surface area contributed by atoms with E-state index in [0.29, 0.717) is 16.9 Å². The molecule has 148 valence electrons. The van der Waals surface area contributed by atoms with Crippen LogP contribution in [0.3, 0.4) is 0 Å². The van der Waals surface area contributed by atoms with Gasteiger partial charge in [0.15, 0.2) is 0 Å². The molecule has 3 aromatic rings. The third-order valence-electron chi connectivity index (χ3n) is 4.83. The number of benzene rings is 3. The summed E-state index contributed by atoms with van der Waals surface area (Å²) in [6.45, 7) is 0. The number of amides is 3. The smallest absolute Gasteiger partial charge is 0.290 e. The standard InChI is InChI=1S/C24H18N2O3S/c25-22(27)19-8-4-7-18(20(19)13-15-5-2-1-3-6-15)17-11-9-16(10-12-17)14-21-23(28)26-24(29)30-21/h1-12,14H,13H2,(H2,25,27)(H,26,28,29)/b21-14+. The Hall–Kier alpha value is -3.64. The van der Waals surface area contributed by atoms with Gasteiger partial charge in [-0.2, -0.15) is 0 Å². The zero-order chi connectivity index (χ0) is 21.1. The number of hydrogen-bond acceptors (Lipinski definition) is 4. The van der Waals surface area contributed by atoms with Crippen molar-refractivity contribution in [1.82, 2.24) is 5.32 Å². The molecule has 0 radical (unpaired) electrons. The molecular weight excluding hydrogens is 396 g/mol. The van der Waals surface area contributed by atoms with Gasteiger partial charge in [0.05, 0.1) is 4.91 Å². The average molecular weight is 414 g/mol. The second-order valence-corrected chi connectivity index (χ2v) is 7.85. The molecule has 3 N–H and O–H groups in total. The van der Waals surface area contributed by atoms with Crippen molar-refractivity contribution in [2.75, 3.05) is 0 Å². The molecule has 0 atom stereocenters. The number of nitrogens with one attached hydrogen (secondary N) is 1. The van der Waals surface area contributed by atoms with E-state index < -0.39 is 5.91 Å². The van der Waals surface area contributed by atoms with E-state index in [1.165, 1.54) is 0 Å². The number of primary amides is 1. The third kappa shape index (κ3) is 4.18. The first-order valence-electron chi connectivity index (χ1n) is 9.32. The number of nitrogens with two attached hydrogens (primary N) is 1. The fourth-order valence-corrected chi connectivity index (χ4v) is 4.09. The minimum Gasteiger partial charge on any atom is -0.366 e. The molecule has 0 unspecified atom stereocenters. The number of thioether (sulfide) groups is 1. The monoisotopic (exact) mass is 414 g/mol. The molecule has 6 heteroatoms. The largest absolute Gasteiger partial charge is 0.366 e. The molecule has 0 spiro atoms. The zero-order valence-electron chi connectivity index (χ0n) is 15.9. The predicted octanol–water partition coefficient (Wildman–Crippen LogP) is 4.37. The Kier molecular flexibility index (Phi) is 5.50. The maximum atomic E-state index is 12.0. The van der Waals surface area contributed by atoms with Crippen molar-refractivity contribution >= 4 is 34.9 Å². The lowest BCUT2D eigenvalue weighted by Gasteiger charge is -2.14. The highest BCUT2D eigenvalue weighted by molar-refractivity contribution is 8.18. The lowest BCUT2D eigenvalue weighted by Crippen LogP contribution is -2.17. The van der Waals surface area contributed by atoms with E-state index in [2.05, 4.69) is 5.32 Å². The van der Waals surface area contributed by atoms with Gasteiger partial charge in [0.2, 0.25) is 5.91 Å². The summed E-state index contributed by atoms with van der Waals surface area (Å²) in [7, 11) is 0. The van der Waals surface area contributed by atoms with E-state index in [-0.39, 0.29) is 11.1 Å². The van der Waals surface area contributed by atoms with Gasteiger partial charge in [-0.05, 0) is 58.1 Å². The van der Waals surface area contributed by atoms with Gasteiger partial charge in [-0.15, -0.1) is 0 Å². The summed E-state index contributed by atoms with van der Waals surface area (Å²) in [5.41, 5.74) is 10.8. The average Bonchev–Trinajstić information content (AvgIpc) is 3.06. The SMILES string of the molecule is NC(=O)c1cccc(-c2ccc(/C=C3/SC(=O)NC3=O)cc2)c1Cc1ccccc1. The van der Waals surface area contributed by atoms with Crippen LogP contribution in [0.2, 0.25) is 0 Å². The summed E-state index contributed by atoms with van der Waals surface area (Å²) < 4.78 is 0. The highest BCUT2D eigenvalue weighted by atomic mass is 32.2. The van der Waals surface area contributed by atoms with Gasteiger partial charge in [-0.25, -0.2) is 0 Å². The molecule has 1 fully saturated rings. The van der Waals surface area contributed by atoms with Crippen molar-refractivity contribution in [2.24, 2.45) is 5.73 Å². The Morgan fingerprint density at radius 3 is 2.30 bits per heavy atom. The fraction of sp³-hybridized carbons (Fsp3) is 0.0417. The number of carbonyl (C=O) groups is 3. The lowest BCUT2D eigenvalue weighted by molar-refractivity contribution is -0.115. The highest BCUT2D eigenvalue weighted by Gasteiger charge is 2.24. The van der Waals surface area contributed by atoms with Crippen molar-refractivity contribution in [1.29, 1.82) is 0 Å². The molecule has 5 nitrogen and oxygen atoms in total. The van der Waals surface area contributed by atoms with Crippen LogP contribution in [0.25, 0.3) is 17.2 Å². The first-order valence-corrected chi connectivity index (χ1v) is 10.1.